The summed E-state index contributed by atoms with van der Waals surface area (Å²) in [5.74, 6) is 5.97. The van der Waals surface area contributed by atoms with Gasteiger partial charge in [0, 0.05) is 52.9 Å². The summed E-state index contributed by atoms with van der Waals surface area (Å²) in [6, 6.07) is 18.9. The number of carbonyl (C=O) groups excluding carboxylic acids is 2. The molecule has 6 N–H and O–H groups in total. The molecule has 0 aromatic heterocycles. The van der Waals surface area contributed by atoms with Gasteiger partial charge in [-0.2, -0.15) is 0 Å². The minimum atomic E-state index is -0.192. The Morgan fingerprint density at radius 1 is 0.794 bits per heavy atom. The molecule has 6 nitrogen and oxygen atoms in total. The van der Waals surface area contributed by atoms with Crippen LogP contribution in [0.1, 0.15) is 31.8 Å². The Bertz CT molecular complexity index is 1270. The first-order chi connectivity index (χ1) is 16.4. The highest BCUT2D eigenvalue weighted by atomic mass is 79.9. The molecule has 3 aromatic rings. The Kier molecular flexibility index (Phi) is 9.05. The zero-order chi connectivity index (χ0) is 24.5. The fraction of sp³-hybridized carbons (Fsp3) is 0.154. The number of hydrogen-bond acceptors (Lipinski definition) is 4. The van der Waals surface area contributed by atoms with Crippen molar-refractivity contribution in [1.82, 2.24) is 10.6 Å². The van der Waals surface area contributed by atoms with Gasteiger partial charge < -0.3 is 22.1 Å². The van der Waals surface area contributed by atoms with E-state index in [1.807, 2.05) is 56.4 Å². The summed E-state index contributed by atoms with van der Waals surface area (Å²) in [6.07, 6.45) is 0. The zero-order valence-electron chi connectivity index (χ0n) is 19.0. The number of halogens is 1. The van der Waals surface area contributed by atoms with Crippen LogP contribution in [0.4, 0.5) is 0 Å². The summed E-state index contributed by atoms with van der Waals surface area (Å²) in [6.45, 7) is 1.61. The minimum Gasteiger partial charge on any atom is -0.351 e. The molecule has 0 fully saturated rings. The lowest BCUT2D eigenvalue weighted by Gasteiger charge is -2.09. The number of rotatable bonds is 7. The van der Waals surface area contributed by atoms with Crippen LogP contribution in [-0.2, 0) is 0 Å². The molecule has 8 heteroatoms. The van der Waals surface area contributed by atoms with Crippen molar-refractivity contribution in [1.29, 1.82) is 0 Å². The van der Waals surface area contributed by atoms with Crippen LogP contribution in [0.2, 0.25) is 0 Å². The molecule has 0 saturated heterocycles. The standard InChI is InChI=1S/C26H26BBrN4O2/c27-23-14-20(13-22(15-23)26(34)32-9-7-30)19-3-1-2-17(10-19)4-5-18-11-21(16-24(28)12-18)25(33)31-8-6-29/h1-3,10-16H,6-9,27,29-30H2,(H,31,33)(H,32,34). The van der Waals surface area contributed by atoms with Crippen molar-refractivity contribution in [3.63, 3.8) is 0 Å². The normalized spacial score (nSPS) is 10.2. The Labute approximate surface area is 209 Å². The van der Waals surface area contributed by atoms with E-state index in [9.17, 15) is 9.59 Å². The highest BCUT2D eigenvalue weighted by Gasteiger charge is 2.09. The van der Waals surface area contributed by atoms with Crippen LogP contribution in [0.3, 0.4) is 0 Å². The van der Waals surface area contributed by atoms with E-state index >= 15 is 0 Å². The van der Waals surface area contributed by atoms with Crippen molar-refractivity contribution in [3.8, 4) is 23.0 Å². The molecule has 0 radical (unpaired) electrons. The van der Waals surface area contributed by atoms with Gasteiger partial charge in [-0.1, -0.05) is 57.5 Å². The van der Waals surface area contributed by atoms with Crippen molar-refractivity contribution in [3.05, 3.63) is 87.4 Å². The molecular formula is C26H26BBrN4O2. The molecule has 0 spiro atoms. The average Bonchev–Trinajstić information content (AvgIpc) is 2.84. The summed E-state index contributed by atoms with van der Waals surface area (Å²) in [7, 11) is 1.96. The third-order valence-electron chi connectivity index (χ3n) is 4.91. The third kappa shape index (κ3) is 7.06. The number of hydrogen-bond donors (Lipinski definition) is 4. The SMILES string of the molecule is Bc1cc(C(=O)NCCN)cc(-c2cccc(C#Cc3cc(Br)cc(C(=O)NCCN)c3)c2)c1. The molecule has 0 saturated carbocycles. The lowest BCUT2D eigenvalue weighted by molar-refractivity contribution is 0.0946. The predicted molar refractivity (Wildman–Crippen MR) is 143 cm³/mol. The van der Waals surface area contributed by atoms with Crippen LogP contribution in [-0.4, -0.2) is 45.8 Å². The molecule has 0 aliphatic carbocycles. The summed E-state index contributed by atoms with van der Waals surface area (Å²) >= 11 is 3.45. The fourth-order valence-electron chi connectivity index (χ4n) is 3.37. The number of benzene rings is 3. The minimum absolute atomic E-state index is 0.146. The van der Waals surface area contributed by atoms with Crippen LogP contribution in [0.25, 0.3) is 11.1 Å². The second kappa shape index (κ2) is 12.2. The maximum absolute atomic E-state index is 12.4. The van der Waals surface area contributed by atoms with Gasteiger partial charge in [0.25, 0.3) is 11.8 Å². The van der Waals surface area contributed by atoms with E-state index in [-0.39, 0.29) is 11.8 Å². The van der Waals surface area contributed by atoms with Gasteiger partial charge in [0.1, 0.15) is 7.85 Å². The summed E-state index contributed by atoms with van der Waals surface area (Å²) < 4.78 is 0.770. The van der Waals surface area contributed by atoms with Gasteiger partial charge in [-0.05, 0) is 47.5 Å². The van der Waals surface area contributed by atoms with Gasteiger partial charge in [-0.3, -0.25) is 9.59 Å². The molecule has 3 aromatic carbocycles. The van der Waals surface area contributed by atoms with Gasteiger partial charge in [0.05, 0.1) is 0 Å². The zero-order valence-corrected chi connectivity index (χ0v) is 20.5. The largest absolute Gasteiger partial charge is 0.351 e. The number of carbonyl (C=O) groups is 2. The van der Waals surface area contributed by atoms with E-state index in [2.05, 4.69) is 38.4 Å². The molecule has 0 bridgehead atoms. The van der Waals surface area contributed by atoms with E-state index in [0.29, 0.717) is 42.9 Å². The Hall–Kier alpha value is -3.38. The smallest absolute Gasteiger partial charge is 0.251 e. The maximum atomic E-state index is 12.4. The van der Waals surface area contributed by atoms with Crippen LogP contribution in [0.5, 0.6) is 0 Å². The lowest BCUT2D eigenvalue weighted by Crippen LogP contribution is -2.29. The Morgan fingerprint density at radius 3 is 2.12 bits per heavy atom. The lowest BCUT2D eigenvalue weighted by atomic mass is 9.89. The summed E-state index contributed by atoms with van der Waals surface area (Å²) in [4.78, 5) is 24.7. The number of amides is 2. The van der Waals surface area contributed by atoms with E-state index in [1.54, 1.807) is 12.1 Å². The van der Waals surface area contributed by atoms with Crippen LogP contribution in [0, 0.1) is 11.8 Å². The van der Waals surface area contributed by atoms with Crippen molar-refractivity contribution >= 4 is 41.1 Å². The number of nitrogens with one attached hydrogen (secondary N) is 2. The van der Waals surface area contributed by atoms with E-state index in [1.165, 1.54) is 0 Å². The fourth-order valence-corrected chi connectivity index (χ4v) is 3.86. The van der Waals surface area contributed by atoms with Gasteiger partial charge in [0.2, 0.25) is 0 Å². The molecule has 0 unspecified atom stereocenters. The van der Waals surface area contributed by atoms with Gasteiger partial charge in [-0.25, -0.2) is 0 Å². The molecule has 34 heavy (non-hydrogen) atoms. The van der Waals surface area contributed by atoms with Crippen LogP contribution < -0.4 is 27.6 Å². The maximum Gasteiger partial charge on any atom is 0.251 e. The average molecular weight is 517 g/mol. The summed E-state index contributed by atoms with van der Waals surface area (Å²) in [5.41, 5.74) is 16.5. The van der Waals surface area contributed by atoms with E-state index in [4.69, 9.17) is 11.5 Å². The first kappa shape index (κ1) is 25.3. The Balaban J connectivity index is 1.87. The number of nitrogens with two attached hydrogens (primary N) is 2. The molecular weight excluding hydrogens is 491 g/mol. The first-order valence-corrected chi connectivity index (χ1v) is 11.7. The van der Waals surface area contributed by atoms with Crippen molar-refractivity contribution in [2.75, 3.05) is 26.2 Å². The molecule has 0 atom stereocenters. The first-order valence-electron chi connectivity index (χ1n) is 10.9. The quantitative estimate of drug-likeness (QED) is 0.279. The van der Waals surface area contributed by atoms with Gasteiger partial charge >= 0.3 is 0 Å². The second-order valence-electron chi connectivity index (χ2n) is 7.74. The highest BCUT2D eigenvalue weighted by molar-refractivity contribution is 9.10. The molecule has 172 valence electrons. The van der Waals surface area contributed by atoms with Crippen molar-refractivity contribution in [2.24, 2.45) is 11.5 Å². The Morgan fingerprint density at radius 2 is 1.44 bits per heavy atom. The van der Waals surface area contributed by atoms with Crippen LogP contribution >= 0.6 is 15.9 Å². The van der Waals surface area contributed by atoms with E-state index in [0.717, 1.165) is 26.6 Å². The molecule has 0 heterocycles. The second-order valence-corrected chi connectivity index (χ2v) is 8.65. The molecule has 0 aliphatic heterocycles. The highest BCUT2D eigenvalue weighted by Crippen LogP contribution is 2.21. The molecule has 3 rings (SSSR count). The van der Waals surface area contributed by atoms with Crippen molar-refractivity contribution < 1.29 is 9.59 Å². The van der Waals surface area contributed by atoms with Gasteiger partial charge in [0.15, 0.2) is 0 Å². The van der Waals surface area contributed by atoms with Crippen LogP contribution in [0.15, 0.2) is 65.1 Å². The van der Waals surface area contributed by atoms with Crippen molar-refractivity contribution in [2.45, 2.75) is 0 Å². The molecule has 2 amide bonds. The predicted octanol–water partition coefficient (Wildman–Crippen LogP) is 1.15. The van der Waals surface area contributed by atoms with E-state index < -0.39 is 0 Å². The molecule has 0 aliphatic rings. The third-order valence-corrected chi connectivity index (χ3v) is 5.36. The topological polar surface area (TPSA) is 110 Å². The monoisotopic (exact) mass is 516 g/mol. The van der Waals surface area contributed by atoms with Gasteiger partial charge in [-0.15, -0.1) is 0 Å². The summed E-state index contributed by atoms with van der Waals surface area (Å²) in [5, 5.41) is 5.57.